The van der Waals surface area contributed by atoms with E-state index in [9.17, 15) is 9.59 Å². The molecule has 2 atom stereocenters. The lowest BCUT2D eigenvalue weighted by Gasteiger charge is -2.03. The third-order valence-corrected chi connectivity index (χ3v) is 2.14. The van der Waals surface area contributed by atoms with Crippen molar-refractivity contribution in [2.24, 2.45) is 11.3 Å². The zero-order valence-electron chi connectivity index (χ0n) is 6.09. The minimum absolute atomic E-state index is 0.164. The third kappa shape index (κ3) is 0.735. The molecule has 0 aromatic heterocycles. The highest BCUT2D eigenvalue weighted by Crippen LogP contribution is 2.51. The molecule has 0 aliphatic heterocycles. The Kier molecular flexibility index (Phi) is 1.50. The Labute approximate surface area is 59.4 Å². The van der Waals surface area contributed by atoms with Gasteiger partial charge in [0.25, 0.3) is 0 Å². The molecule has 0 aromatic rings. The van der Waals surface area contributed by atoms with Crippen LogP contribution in [-0.4, -0.2) is 19.4 Å². The van der Waals surface area contributed by atoms with Crippen molar-refractivity contribution in [3.8, 4) is 0 Å². The third-order valence-electron chi connectivity index (χ3n) is 2.14. The van der Waals surface area contributed by atoms with E-state index in [0.29, 0.717) is 12.7 Å². The number of hydrogen-bond acceptors (Lipinski definition) is 3. The lowest BCUT2D eigenvalue weighted by atomic mass is 10.1. The number of esters is 1. The van der Waals surface area contributed by atoms with Crippen LogP contribution in [0.5, 0.6) is 0 Å². The largest absolute Gasteiger partial charge is 0.468 e. The fourth-order valence-electron chi connectivity index (χ4n) is 1.13. The van der Waals surface area contributed by atoms with Gasteiger partial charge >= 0.3 is 5.97 Å². The van der Waals surface area contributed by atoms with Gasteiger partial charge in [-0.2, -0.15) is 0 Å². The van der Waals surface area contributed by atoms with E-state index < -0.39 is 11.4 Å². The van der Waals surface area contributed by atoms with Gasteiger partial charge in [0.05, 0.1) is 7.11 Å². The van der Waals surface area contributed by atoms with Gasteiger partial charge in [0.1, 0.15) is 11.7 Å². The van der Waals surface area contributed by atoms with Crippen molar-refractivity contribution in [2.75, 3.05) is 7.11 Å². The van der Waals surface area contributed by atoms with Crippen molar-refractivity contribution in [1.82, 2.24) is 0 Å². The molecule has 0 aromatic carbocycles. The van der Waals surface area contributed by atoms with E-state index in [1.807, 2.05) is 6.92 Å². The van der Waals surface area contributed by atoms with Crippen molar-refractivity contribution in [3.63, 3.8) is 0 Å². The van der Waals surface area contributed by atoms with Crippen molar-refractivity contribution in [3.05, 3.63) is 0 Å². The number of hydrogen-bond donors (Lipinski definition) is 0. The maximum Gasteiger partial charge on any atom is 0.319 e. The predicted octanol–water partition coefficient (Wildman–Crippen LogP) is 0.384. The van der Waals surface area contributed by atoms with Crippen molar-refractivity contribution in [1.29, 1.82) is 0 Å². The normalized spacial score (nSPS) is 36.8. The fourth-order valence-corrected chi connectivity index (χ4v) is 1.13. The molecule has 0 spiro atoms. The van der Waals surface area contributed by atoms with Crippen LogP contribution in [0.1, 0.15) is 13.3 Å². The minimum Gasteiger partial charge on any atom is -0.468 e. The van der Waals surface area contributed by atoms with Crippen LogP contribution in [0.2, 0.25) is 0 Å². The second-order valence-electron chi connectivity index (χ2n) is 2.75. The van der Waals surface area contributed by atoms with Crippen molar-refractivity contribution in [2.45, 2.75) is 13.3 Å². The number of aldehydes is 1. The molecule has 0 unspecified atom stereocenters. The zero-order chi connectivity index (χ0) is 7.78. The summed E-state index contributed by atoms with van der Waals surface area (Å²) in [6.07, 6.45) is 1.34. The molecule has 0 bridgehead atoms. The van der Waals surface area contributed by atoms with E-state index in [1.165, 1.54) is 7.11 Å². The van der Waals surface area contributed by atoms with Crippen LogP contribution in [0.25, 0.3) is 0 Å². The molecular weight excluding hydrogens is 132 g/mol. The average molecular weight is 142 g/mol. The number of carbonyl (C=O) groups is 2. The van der Waals surface area contributed by atoms with Gasteiger partial charge in [0, 0.05) is 0 Å². The van der Waals surface area contributed by atoms with Crippen LogP contribution in [0.3, 0.4) is 0 Å². The van der Waals surface area contributed by atoms with E-state index in [4.69, 9.17) is 0 Å². The van der Waals surface area contributed by atoms with Crippen molar-refractivity contribution < 1.29 is 14.3 Å². The molecular formula is C7H10O3. The minimum atomic E-state index is -0.783. The van der Waals surface area contributed by atoms with E-state index in [-0.39, 0.29) is 5.92 Å². The molecule has 1 rings (SSSR count). The van der Waals surface area contributed by atoms with Crippen molar-refractivity contribution >= 4 is 12.3 Å². The summed E-state index contributed by atoms with van der Waals surface area (Å²) in [6.45, 7) is 1.87. The fraction of sp³-hybridized carbons (Fsp3) is 0.714. The standard InChI is InChI=1S/C7H10O3/c1-5-3-7(5,4-8)6(9)10-2/h4-5H,3H2,1-2H3/t5-,7-/m1/s1. The summed E-state index contributed by atoms with van der Waals surface area (Å²) in [5.74, 6) is -0.229. The van der Waals surface area contributed by atoms with E-state index in [1.54, 1.807) is 0 Å². The Morgan fingerprint density at radius 2 is 2.30 bits per heavy atom. The molecule has 0 heterocycles. The Hall–Kier alpha value is -0.860. The maximum absolute atomic E-state index is 10.9. The molecule has 1 saturated carbocycles. The van der Waals surface area contributed by atoms with Gasteiger partial charge in [-0.1, -0.05) is 6.92 Å². The first-order chi connectivity index (χ1) is 4.67. The van der Waals surface area contributed by atoms with Crippen LogP contribution in [0.15, 0.2) is 0 Å². The number of methoxy groups -OCH3 is 1. The Morgan fingerprint density at radius 1 is 1.80 bits per heavy atom. The first-order valence-corrected chi connectivity index (χ1v) is 3.22. The lowest BCUT2D eigenvalue weighted by Crippen LogP contribution is -2.20. The monoisotopic (exact) mass is 142 g/mol. The molecule has 0 N–H and O–H groups in total. The smallest absolute Gasteiger partial charge is 0.319 e. The Morgan fingerprint density at radius 3 is 2.40 bits per heavy atom. The molecule has 3 nitrogen and oxygen atoms in total. The highest BCUT2D eigenvalue weighted by molar-refractivity contribution is 5.97. The van der Waals surface area contributed by atoms with E-state index in [2.05, 4.69) is 4.74 Å². The lowest BCUT2D eigenvalue weighted by molar-refractivity contribution is -0.149. The van der Waals surface area contributed by atoms with Crippen LogP contribution < -0.4 is 0 Å². The van der Waals surface area contributed by atoms with E-state index >= 15 is 0 Å². The molecule has 1 aliphatic carbocycles. The maximum atomic E-state index is 10.9. The molecule has 3 heteroatoms. The summed E-state index contributed by atoms with van der Waals surface area (Å²) in [5.41, 5.74) is -0.783. The zero-order valence-corrected chi connectivity index (χ0v) is 6.09. The summed E-state index contributed by atoms with van der Waals surface area (Å²) in [4.78, 5) is 21.3. The van der Waals surface area contributed by atoms with Gasteiger partial charge in [-0.25, -0.2) is 0 Å². The highest BCUT2D eigenvalue weighted by Gasteiger charge is 2.58. The van der Waals surface area contributed by atoms with Crippen LogP contribution in [-0.2, 0) is 14.3 Å². The quantitative estimate of drug-likeness (QED) is 0.318. The molecule has 0 radical (unpaired) electrons. The molecule has 1 aliphatic rings. The van der Waals surface area contributed by atoms with Crippen LogP contribution >= 0.6 is 0 Å². The molecule has 56 valence electrons. The number of carbonyl (C=O) groups excluding carboxylic acids is 2. The molecule has 10 heavy (non-hydrogen) atoms. The highest BCUT2D eigenvalue weighted by atomic mass is 16.5. The summed E-state index contributed by atoms with van der Waals surface area (Å²) in [6, 6.07) is 0. The predicted molar refractivity (Wildman–Crippen MR) is 34.3 cm³/mol. The van der Waals surface area contributed by atoms with Gasteiger partial charge < -0.3 is 9.53 Å². The molecule has 1 fully saturated rings. The van der Waals surface area contributed by atoms with Crippen LogP contribution in [0, 0.1) is 11.3 Å². The summed E-state index contributed by atoms with van der Waals surface area (Å²) in [5, 5.41) is 0. The SMILES string of the molecule is COC(=O)[C@@]1(C=O)C[C@H]1C. The summed E-state index contributed by atoms with van der Waals surface area (Å²) in [7, 11) is 1.30. The van der Waals surface area contributed by atoms with Crippen LogP contribution in [0.4, 0.5) is 0 Å². The van der Waals surface area contributed by atoms with Gasteiger partial charge in [-0.05, 0) is 12.3 Å². The second kappa shape index (κ2) is 2.08. The first kappa shape index (κ1) is 7.25. The Bertz CT molecular complexity index is 176. The van der Waals surface area contributed by atoms with E-state index in [0.717, 1.165) is 0 Å². The number of rotatable bonds is 2. The first-order valence-electron chi connectivity index (χ1n) is 3.22. The number of ether oxygens (including phenoxy) is 1. The second-order valence-corrected chi connectivity index (χ2v) is 2.75. The van der Waals surface area contributed by atoms with Gasteiger partial charge in [0.15, 0.2) is 0 Å². The average Bonchev–Trinajstić information content (AvgIpc) is 2.61. The summed E-state index contributed by atoms with van der Waals surface area (Å²) < 4.78 is 4.47. The molecule has 0 saturated heterocycles. The summed E-state index contributed by atoms with van der Waals surface area (Å²) >= 11 is 0. The topological polar surface area (TPSA) is 43.4 Å². The Balaban J connectivity index is 2.68. The van der Waals surface area contributed by atoms with Gasteiger partial charge in [-0.3, -0.25) is 4.79 Å². The van der Waals surface area contributed by atoms with Gasteiger partial charge in [0.2, 0.25) is 0 Å². The van der Waals surface area contributed by atoms with Gasteiger partial charge in [-0.15, -0.1) is 0 Å². The molecule has 0 amide bonds.